The molecule has 0 amide bonds. The second kappa shape index (κ2) is 6.34. The van der Waals surface area contributed by atoms with Crippen LogP contribution in [-0.4, -0.2) is 50.7 Å². The number of hydrogen-bond acceptors (Lipinski definition) is 4. The normalized spacial score (nSPS) is 18.0. The zero-order valence-electron chi connectivity index (χ0n) is 15.0. The van der Waals surface area contributed by atoms with Gasteiger partial charge in [-0.15, -0.1) is 10.2 Å². The highest BCUT2D eigenvalue weighted by Gasteiger charge is 2.34. The smallest absolute Gasteiger partial charge is 0.146 e. The molecule has 1 saturated heterocycles. The van der Waals surface area contributed by atoms with Crippen LogP contribution >= 0.6 is 0 Å². The fraction of sp³-hybridized carbons (Fsp3) is 0.333. The van der Waals surface area contributed by atoms with Crippen molar-refractivity contribution in [1.29, 1.82) is 0 Å². The quantitative estimate of drug-likeness (QED) is 0.731. The summed E-state index contributed by atoms with van der Waals surface area (Å²) < 4.78 is 2.01. The second-order valence-corrected chi connectivity index (χ2v) is 7.25. The van der Waals surface area contributed by atoms with Crippen LogP contribution in [0.25, 0.3) is 11.1 Å². The summed E-state index contributed by atoms with van der Waals surface area (Å²) in [6.07, 6.45) is 1.78. The van der Waals surface area contributed by atoms with E-state index in [-0.39, 0.29) is 0 Å². The molecule has 0 saturated carbocycles. The molecular formula is C21H23N5. The Morgan fingerprint density at radius 3 is 2.08 bits per heavy atom. The molecule has 1 aliphatic heterocycles. The summed E-state index contributed by atoms with van der Waals surface area (Å²) in [7, 11) is 2.01. The molecule has 1 fully saturated rings. The molecule has 2 aromatic carbocycles. The number of aromatic nitrogens is 3. The average Bonchev–Trinajstić information content (AvgIpc) is 3.24. The van der Waals surface area contributed by atoms with E-state index in [0.717, 1.165) is 38.5 Å². The van der Waals surface area contributed by atoms with Crippen molar-refractivity contribution in [3.63, 3.8) is 0 Å². The molecule has 0 radical (unpaired) electrons. The molecule has 1 aliphatic carbocycles. The Hall–Kier alpha value is -2.50. The van der Waals surface area contributed by atoms with Gasteiger partial charge in [-0.3, -0.25) is 9.80 Å². The van der Waals surface area contributed by atoms with E-state index in [2.05, 4.69) is 68.5 Å². The standard InChI is InChI=1S/C21H23N5/c1-24-15-22-23-20(24)14-25-10-12-26(13-11-25)21-18-8-4-2-6-16(18)17-7-3-5-9-19(17)21/h2-9,15,21H,10-14H2,1H3. The van der Waals surface area contributed by atoms with Gasteiger partial charge in [0.05, 0.1) is 12.6 Å². The minimum Gasteiger partial charge on any atom is -0.320 e. The minimum absolute atomic E-state index is 0.388. The van der Waals surface area contributed by atoms with E-state index in [9.17, 15) is 0 Å². The van der Waals surface area contributed by atoms with E-state index in [1.54, 1.807) is 6.33 Å². The maximum absolute atomic E-state index is 4.22. The summed E-state index contributed by atoms with van der Waals surface area (Å²) >= 11 is 0. The molecule has 0 N–H and O–H groups in total. The van der Waals surface area contributed by atoms with Gasteiger partial charge in [0, 0.05) is 33.2 Å². The van der Waals surface area contributed by atoms with Crippen molar-refractivity contribution < 1.29 is 0 Å². The lowest BCUT2D eigenvalue weighted by Gasteiger charge is -2.38. The molecule has 5 rings (SSSR count). The number of benzene rings is 2. The van der Waals surface area contributed by atoms with Crippen molar-refractivity contribution in [3.8, 4) is 11.1 Å². The van der Waals surface area contributed by atoms with E-state index in [0.29, 0.717) is 6.04 Å². The summed E-state index contributed by atoms with van der Waals surface area (Å²) in [6.45, 7) is 5.15. The van der Waals surface area contributed by atoms with Gasteiger partial charge >= 0.3 is 0 Å². The Morgan fingerprint density at radius 1 is 0.885 bits per heavy atom. The lowest BCUT2D eigenvalue weighted by atomic mass is 10.0. The van der Waals surface area contributed by atoms with E-state index >= 15 is 0 Å². The van der Waals surface area contributed by atoms with Gasteiger partial charge in [0.15, 0.2) is 0 Å². The zero-order valence-corrected chi connectivity index (χ0v) is 15.0. The van der Waals surface area contributed by atoms with E-state index in [1.807, 2.05) is 11.6 Å². The molecule has 0 unspecified atom stereocenters. The number of aryl methyl sites for hydroxylation is 1. The number of fused-ring (bicyclic) bond motifs is 3. The highest BCUT2D eigenvalue weighted by atomic mass is 15.3. The lowest BCUT2D eigenvalue weighted by Crippen LogP contribution is -2.47. The SMILES string of the molecule is Cn1cnnc1CN1CCN(C2c3ccccc3-c3ccccc32)CC1. The molecule has 2 aliphatic rings. The van der Waals surface area contributed by atoms with Crippen molar-refractivity contribution in [2.24, 2.45) is 7.05 Å². The van der Waals surface area contributed by atoms with Crippen LogP contribution in [0.1, 0.15) is 23.0 Å². The Morgan fingerprint density at radius 2 is 1.50 bits per heavy atom. The minimum atomic E-state index is 0.388. The van der Waals surface area contributed by atoms with Gasteiger partial charge in [0.1, 0.15) is 12.2 Å². The molecule has 0 bridgehead atoms. The third-order valence-electron chi connectivity index (χ3n) is 5.74. The van der Waals surface area contributed by atoms with Gasteiger partial charge in [-0.25, -0.2) is 0 Å². The Bertz CT molecular complexity index is 878. The molecule has 1 aromatic heterocycles. The lowest BCUT2D eigenvalue weighted by molar-refractivity contribution is 0.103. The van der Waals surface area contributed by atoms with Gasteiger partial charge in [0.2, 0.25) is 0 Å². The van der Waals surface area contributed by atoms with Crippen LogP contribution in [-0.2, 0) is 13.6 Å². The van der Waals surface area contributed by atoms with Crippen LogP contribution < -0.4 is 0 Å². The molecule has 0 spiro atoms. The third-order valence-corrected chi connectivity index (χ3v) is 5.74. The van der Waals surface area contributed by atoms with Crippen LogP contribution in [0.2, 0.25) is 0 Å². The Kier molecular flexibility index (Phi) is 3.84. The zero-order chi connectivity index (χ0) is 17.5. The fourth-order valence-corrected chi connectivity index (χ4v) is 4.35. The summed E-state index contributed by atoms with van der Waals surface area (Å²) in [6, 6.07) is 18.1. The predicted molar refractivity (Wildman–Crippen MR) is 102 cm³/mol. The topological polar surface area (TPSA) is 37.2 Å². The van der Waals surface area contributed by atoms with Crippen molar-refractivity contribution in [1.82, 2.24) is 24.6 Å². The monoisotopic (exact) mass is 345 g/mol. The van der Waals surface area contributed by atoms with Crippen LogP contribution in [0.3, 0.4) is 0 Å². The average molecular weight is 345 g/mol. The molecule has 132 valence electrons. The summed E-state index contributed by atoms with van der Waals surface area (Å²) in [5, 5.41) is 8.21. The number of piperazine rings is 1. The van der Waals surface area contributed by atoms with Crippen molar-refractivity contribution in [2.75, 3.05) is 26.2 Å². The maximum atomic E-state index is 4.22. The van der Waals surface area contributed by atoms with Gasteiger partial charge in [0.25, 0.3) is 0 Å². The second-order valence-electron chi connectivity index (χ2n) is 7.25. The first kappa shape index (κ1) is 15.7. The van der Waals surface area contributed by atoms with Gasteiger partial charge in [-0.05, 0) is 22.3 Å². The first-order valence-corrected chi connectivity index (χ1v) is 9.29. The van der Waals surface area contributed by atoms with Crippen molar-refractivity contribution in [2.45, 2.75) is 12.6 Å². The molecular weight excluding hydrogens is 322 g/mol. The summed E-state index contributed by atoms with van der Waals surface area (Å²) in [5.41, 5.74) is 5.70. The molecule has 0 atom stereocenters. The summed E-state index contributed by atoms with van der Waals surface area (Å²) in [5.74, 6) is 1.04. The van der Waals surface area contributed by atoms with E-state index in [1.165, 1.54) is 22.3 Å². The van der Waals surface area contributed by atoms with Gasteiger partial charge in [-0.1, -0.05) is 48.5 Å². The number of rotatable bonds is 3. The molecule has 5 nitrogen and oxygen atoms in total. The Balaban J connectivity index is 1.36. The van der Waals surface area contributed by atoms with Gasteiger partial charge < -0.3 is 4.57 Å². The van der Waals surface area contributed by atoms with Gasteiger partial charge in [-0.2, -0.15) is 0 Å². The maximum Gasteiger partial charge on any atom is 0.146 e. The highest BCUT2D eigenvalue weighted by Crippen LogP contribution is 2.46. The third kappa shape index (κ3) is 2.55. The van der Waals surface area contributed by atoms with E-state index < -0.39 is 0 Å². The number of hydrogen-bond donors (Lipinski definition) is 0. The summed E-state index contributed by atoms with van der Waals surface area (Å²) in [4.78, 5) is 5.12. The molecule has 3 aromatic rings. The molecule has 2 heterocycles. The highest BCUT2D eigenvalue weighted by molar-refractivity contribution is 5.78. The van der Waals surface area contributed by atoms with E-state index in [4.69, 9.17) is 0 Å². The van der Waals surface area contributed by atoms with Crippen molar-refractivity contribution in [3.05, 3.63) is 71.8 Å². The first-order valence-electron chi connectivity index (χ1n) is 9.29. The van der Waals surface area contributed by atoms with Crippen LogP contribution in [0.4, 0.5) is 0 Å². The first-order chi connectivity index (χ1) is 12.8. The van der Waals surface area contributed by atoms with Crippen LogP contribution in [0.5, 0.6) is 0 Å². The largest absolute Gasteiger partial charge is 0.320 e. The molecule has 26 heavy (non-hydrogen) atoms. The fourth-order valence-electron chi connectivity index (χ4n) is 4.35. The molecule has 5 heteroatoms. The predicted octanol–water partition coefficient (Wildman–Crippen LogP) is 2.70. The number of nitrogens with zero attached hydrogens (tertiary/aromatic N) is 5. The van der Waals surface area contributed by atoms with Crippen LogP contribution in [0.15, 0.2) is 54.9 Å². The van der Waals surface area contributed by atoms with Crippen molar-refractivity contribution >= 4 is 0 Å². The van der Waals surface area contributed by atoms with Crippen LogP contribution in [0, 0.1) is 0 Å². The Labute approximate surface area is 153 Å².